The van der Waals surface area contributed by atoms with E-state index in [4.69, 9.17) is 16.0 Å². The molecule has 0 radical (unpaired) electrons. The highest BCUT2D eigenvalue weighted by Crippen LogP contribution is 2.45. The Balaban J connectivity index is 1.63. The standard InChI is InChI=1S/C19H14ClF3N4O3/c20-12-6-11(13-3-1-2-4-24-13)16-15(14(12)19(21,22)23)25-17(30-16)26-7-9-5-10(8-26)27(9)18(28)29/h1-4,6,9-10H,5,7-8H2,(H,28,29). The molecule has 0 aliphatic carbocycles. The number of piperidine rings is 1. The van der Waals surface area contributed by atoms with Gasteiger partial charge in [-0.1, -0.05) is 17.7 Å². The first-order valence-corrected chi connectivity index (χ1v) is 9.49. The van der Waals surface area contributed by atoms with Crippen LogP contribution in [-0.4, -0.2) is 51.2 Å². The second-order valence-electron chi connectivity index (χ2n) is 7.31. The SMILES string of the molecule is O=C(O)N1C2CC1CN(c1nc3c(C(F)(F)F)c(Cl)cc(-c4ccccn4)c3o1)C2. The van der Waals surface area contributed by atoms with Crippen molar-refractivity contribution in [3.63, 3.8) is 0 Å². The summed E-state index contributed by atoms with van der Waals surface area (Å²) in [7, 11) is 0. The number of amides is 1. The highest BCUT2D eigenvalue weighted by molar-refractivity contribution is 6.33. The molecule has 2 unspecified atom stereocenters. The van der Waals surface area contributed by atoms with Crippen molar-refractivity contribution in [1.82, 2.24) is 14.9 Å². The third-order valence-electron chi connectivity index (χ3n) is 5.52. The molecular formula is C19H14ClF3N4O3. The Bertz CT molecular complexity index is 1140. The van der Waals surface area contributed by atoms with Gasteiger partial charge in [0.1, 0.15) is 11.1 Å². The third-order valence-corrected chi connectivity index (χ3v) is 5.81. The topological polar surface area (TPSA) is 82.7 Å². The lowest BCUT2D eigenvalue weighted by Crippen LogP contribution is -2.70. The van der Waals surface area contributed by atoms with Gasteiger partial charge in [-0.05, 0) is 24.6 Å². The quantitative estimate of drug-likeness (QED) is 0.634. The maximum Gasteiger partial charge on any atom is 0.420 e. The number of carbonyl (C=O) groups is 1. The number of fused-ring (bicyclic) bond motifs is 3. The largest absolute Gasteiger partial charge is 0.465 e. The van der Waals surface area contributed by atoms with Crippen molar-refractivity contribution in [3.8, 4) is 11.3 Å². The van der Waals surface area contributed by atoms with E-state index in [2.05, 4.69) is 9.97 Å². The Hall–Kier alpha value is -3.01. The molecule has 2 bridgehead atoms. The van der Waals surface area contributed by atoms with Gasteiger partial charge in [-0.3, -0.25) is 9.88 Å². The molecule has 3 aromatic rings. The first kappa shape index (κ1) is 19.0. The van der Waals surface area contributed by atoms with Crippen molar-refractivity contribution in [2.75, 3.05) is 18.0 Å². The summed E-state index contributed by atoms with van der Waals surface area (Å²) in [6.45, 7) is 0.591. The van der Waals surface area contributed by atoms with Gasteiger partial charge in [-0.15, -0.1) is 0 Å². The van der Waals surface area contributed by atoms with Crippen LogP contribution in [0.15, 0.2) is 34.9 Å². The van der Waals surface area contributed by atoms with Crippen LogP contribution in [0, 0.1) is 0 Å². The predicted molar refractivity (Wildman–Crippen MR) is 102 cm³/mol. The number of hydrogen-bond acceptors (Lipinski definition) is 5. The predicted octanol–water partition coefficient (Wildman–Crippen LogP) is 4.50. The summed E-state index contributed by atoms with van der Waals surface area (Å²) in [5, 5.41) is 8.76. The normalized spacial score (nSPS) is 21.1. The van der Waals surface area contributed by atoms with E-state index in [0.29, 0.717) is 30.8 Å². The minimum Gasteiger partial charge on any atom is -0.465 e. The molecule has 0 spiro atoms. The highest BCUT2D eigenvalue weighted by atomic mass is 35.5. The van der Waals surface area contributed by atoms with Crippen molar-refractivity contribution in [1.29, 1.82) is 0 Å². The minimum atomic E-state index is -4.73. The fourth-order valence-corrected chi connectivity index (χ4v) is 4.54. The van der Waals surface area contributed by atoms with Crippen LogP contribution in [0.1, 0.15) is 12.0 Å². The molecule has 0 saturated carbocycles. The lowest BCUT2D eigenvalue weighted by Gasteiger charge is -2.54. The molecule has 3 aliphatic rings. The van der Waals surface area contributed by atoms with Crippen LogP contribution in [0.2, 0.25) is 5.02 Å². The monoisotopic (exact) mass is 438 g/mol. The fourth-order valence-electron chi connectivity index (χ4n) is 4.23. The number of nitrogens with zero attached hydrogens (tertiary/aromatic N) is 4. The van der Waals surface area contributed by atoms with E-state index in [9.17, 15) is 23.1 Å². The van der Waals surface area contributed by atoms with Gasteiger partial charge in [0.05, 0.1) is 22.8 Å². The van der Waals surface area contributed by atoms with Crippen LogP contribution in [0.4, 0.5) is 24.0 Å². The van der Waals surface area contributed by atoms with Gasteiger partial charge in [0.15, 0.2) is 5.58 Å². The Morgan fingerprint density at radius 2 is 2.00 bits per heavy atom. The van der Waals surface area contributed by atoms with Crippen molar-refractivity contribution < 1.29 is 27.5 Å². The molecule has 30 heavy (non-hydrogen) atoms. The Morgan fingerprint density at radius 3 is 2.60 bits per heavy atom. The summed E-state index contributed by atoms with van der Waals surface area (Å²) >= 11 is 6.01. The summed E-state index contributed by atoms with van der Waals surface area (Å²) in [5.41, 5.74) is -0.811. The van der Waals surface area contributed by atoms with Gasteiger partial charge < -0.3 is 14.4 Å². The Labute approximate surface area is 172 Å². The van der Waals surface area contributed by atoms with Crippen LogP contribution in [0.5, 0.6) is 0 Å². The number of pyridine rings is 1. The molecular weight excluding hydrogens is 425 g/mol. The van der Waals surface area contributed by atoms with Crippen LogP contribution >= 0.6 is 11.6 Å². The summed E-state index contributed by atoms with van der Waals surface area (Å²) in [6, 6.07) is 5.75. The molecule has 7 nitrogen and oxygen atoms in total. The molecule has 1 amide bonds. The smallest absolute Gasteiger partial charge is 0.420 e. The van der Waals surface area contributed by atoms with E-state index >= 15 is 0 Å². The molecule has 1 aromatic carbocycles. The number of carboxylic acid groups (broad SMARTS) is 1. The molecule has 3 saturated heterocycles. The number of anilines is 1. The number of piperazine rings is 1. The molecule has 1 N–H and O–H groups in total. The average Bonchev–Trinajstić information content (AvgIpc) is 3.11. The van der Waals surface area contributed by atoms with Crippen molar-refractivity contribution in [2.45, 2.75) is 24.7 Å². The van der Waals surface area contributed by atoms with Gasteiger partial charge in [0.2, 0.25) is 0 Å². The van der Waals surface area contributed by atoms with E-state index < -0.39 is 22.9 Å². The molecule has 2 atom stereocenters. The molecule has 3 aliphatic heterocycles. The molecule has 6 rings (SSSR count). The summed E-state index contributed by atoms with van der Waals surface area (Å²) in [4.78, 5) is 22.7. The molecule has 3 fully saturated rings. The van der Waals surface area contributed by atoms with Gasteiger partial charge in [-0.2, -0.15) is 18.2 Å². The maximum absolute atomic E-state index is 13.7. The van der Waals surface area contributed by atoms with Crippen LogP contribution in [0.25, 0.3) is 22.4 Å². The first-order chi connectivity index (χ1) is 14.2. The molecule has 156 valence electrons. The second-order valence-corrected chi connectivity index (χ2v) is 7.71. The van der Waals surface area contributed by atoms with Crippen LogP contribution in [0.3, 0.4) is 0 Å². The zero-order valence-electron chi connectivity index (χ0n) is 15.2. The molecule has 5 heterocycles. The van der Waals surface area contributed by atoms with Crippen molar-refractivity contribution in [3.05, 3.63) is 41.0 Å². The maximum atomic E-state index is 13.7. The fraction of sp³-hybridized carbons (Fsp3) is 0.316. The second kappa shape index (κ2) is 6.49. The van der Waals surface area contributed by atoms with Gasteiger partial charge >= 0.3 is 12.3 Å². The van der Waals surface area contributed by atoms with Crippen molar-refractivity contribution >= 4 is 34.8 Å². The van der Waals surface area contributed by atoms with Crippen LogP contribution in [-0.2, 0) is 6.18 Å². The van der Waals surface area contributed by atoms with E-state index in [1.807, 2.05) is 0 Å². The Kier molecular flexibility index (Phi) is 4.11. The molecule has 2 aromatic heterocycles. The third kappa shape index (κ3) is 2.85. The lowest BCUT2D eigenvalue weighted by molar-refractivity contribution is -0.136. The van der Waals surface area contributed by atoms with Crippen LogP contribution < -0.4 is 4.90 Å². The number of halogens is 4. The number of aromatic nitrogens is 2. The van der Waals surface area contributed by atoms with Gasteiger partial charge in [0, 0.05) is 24.8 Å². The zero-order valence-corrected chi connectivity index (χ0v) is 16.0. The number of alkyl halides is 3. The highest BCUT2D eigenvalue weighted by Gasteiger charge is 2.48. The number of oxazole rings is 1. The van der Waals surface area contributed by atoms with Gasteiger partial charge in [0.25, 0.3) is 6.01 Å². The number of rotatable bonds is 2. The number of benzene rings is 1. The first-order valence-electron chi connectivity index (χ1n) is 9.12. The van der Waals surface area contributed by atoms with E-state index in [1.165, 1.54) is 17.2 Å². The van der Waals surface area contributed by atoms with E-state index in [1.54, 1.807) is 23.1 Å². The Morgan fingerprint density at radius 1 is 1.27 bits per heavy atom. The zero-order chi connectivity index (χ0) is 21.2. The summed E-state index contributed by atoms with van der Waals surface area (Å²) in [6.07, 6.45) is -3.50. The molecule has 11 heteroatoms. The van der Waals surface area contributed by atoms with E-state index in [0.717, 1.165) is 0 Å². The summed E-state index contributed by atoms with van der Waals surface area (Å²) < 4.78 is 46.9. The summed E-state index contributed by atoms with van der Waals surface area (Å²) in [5.74, 6) is 0. The lowest BCUT2D eigenvalue weighted by atomic mass is 9.88. The van der Waals surface area contributed by atoms with Crippen molar-refractivity contribution in [2.24, 2.45) is 0 Å². The number of hydrogen-bond donors (Lipinski definition) is 1. The average molecular weight is 439 g/mol. The van der Waals surface area contributed by atoms with Gasteiger partial charge in [-0.25, -0.2) is 4.79 Å². The van der Waals surface area contributed by atoms with E-state index in [-0.39, 0.29) is 29.2 Å². The minimum absolute atomic E-state index is 0.00897.